The Morgan fingerprint density at radius 2 is 2.14 bits per heavy atom. The number of hydrogen-bond acceptors (Lipinski definition) is 4. The molecule has 0 saturated carbocycles. The topological polar surface area (TPSA) is 75.4 Å². The molecule has 2 aliphatic heterocycles. The van der Waals surface area contributed by atoms with E-state index in [9.17, 15) is 8.42 Å². The van der Waals surface area contributed by atoms with Crippen LogP contribution >= 0.6 is 0 Å². The number of rotatable bonds is 4. The SMILES string of the molecule is Cc1cc(CN)ccc1S(=O)(=O)NC1CCN2CCCC12. The van der Waals surface area contributed by atoms with E-state index >= 15 is 0 Å². The predicted octanol–water partition coefficient (Wildman–Crippen LogP) is 0.969. The normalized spacial score (nSPS) is 26.2. The van der Waals surface area contributed by atoms with Gasteiger partial charge in [0.1, 0.15) is 0 Å². The highest BCUT2D eigenvalue weighted by molar-refractivity contribution is 7.89. The van der Waals surface area contributed by atoms with Gasteiger partial charge in [0, 0.05) is 25.2 Å². The van der Waals surface area contributed by atoms with E-state index in [0.717, 1.165) is 37.1 Å². The first-order chi connectivity index (χ1) is 10.0. The van der Waals surface area contributed by atoms with Crippen LogP contribution in [0.5, 0.6) is 0 Å². The Morgan fingerprint density at radius 1 is 1.33 bits per heavy atom. The van der Waals surface area contributed by atoms with Crippen molar-refractivity contribution >= 4 is 10.0 Å². The van der Waals surface area contributed by atoms with Crippen LogP contribution in [0.2, 0.25) is 0 Å². The number of aryl methyl sites for hydroxylation is 1. The molecule has 21 heavy (non-hydrogen) atoms. The fourth-order valence-electron chi connectivity index (χ4n) is 3.62. The summed E-state index contributed by atoms with van der Waals surface area (Å²) < 4.78 is 28.2. The molecular weight excluding hydrogens is 286 g/mol. The van der Waals surface area contributed by atoms with E-state index in [4.69, 9.17) is 5.73 Å². The van der Waals surface area contributed by atoms with Crippen LogP contribution < -0.4 is 10.5 Å². The number of fused-ring (bicyclic) bond motifs is 1. The van der Waals surface area contributed by atoms with E-state index in [1.54, 1.807) is 12.1 Å². The third-order valence-electron chi connectivity index (χ3n) is 4.68. The average Bonchev–Trinajstić information content (AvgIpc) is 3.03. The summed E-state index contributed by atoms with van der Waals surface area (Å²) in [6.45, 7) is 4.36. The minimum atomic E-state index is -3.46. The molecule has 2 fully saturated rings. The van der Waals surface area contributed by atoms with Crippen molar-refractivity contribution in [3.63, 3.8) is 0 Å². The lowest BCUT2D eigenvalue weighted by atomic mass is 10.1. The summed E-state index contributed by atoms with van der Waals surface area (Å²) in [4.78, 5) is 2.77. The first-order valence-corrected chi connectivity index (χ1v) is 9.05. The van der Waals surface area contributed by atoms with Gasteiger partial charge in [-0.15, -0.1) is 0 Å². The third kappa shape index (κ3) is 2.85. The van der Waals surface area contributed by atoms with Gasteiger partial charge in [0.2, 0.25) is 10.0 Å². The monoisotopic (exact) mass is 309 g/mol. The maximum absolute atomic E-state index is 12.6. The van der Waals surface area contributed by atoms with Gasteiger partial charge in [-0.3, -0.25) is 4.90 Å². The number of sulfonamides is 1. The lowest BCUT2D eigenvalue weighted by molar-refractivity contribution is 0.309. The Bertz CT molecular complexity index is 630. The van der Waals surface area contributed by atoms with Crippen LogP contribution in [-0.4, -0.2) is 38.5 Å². The minimum Gasteiger partial charge on any atom is -0.326 e. The lowest BCUT2D eigenvalue weighted by Crippen LogP contribution is -2.42. The molecule has 3 rings (SSSR count). The van der Waals surface area contributed by atoms with Crippen molar-refractivity contribution in [2.75, 3.05) is 13.1 Å². The van der Waals surface area contributed by atoms with E-state index < -0.39 is 10.0 Å². The Morgan fingerprint density at radius 3 is 2.86 bits per heavy atom. The van der Waals surface area contributed by atoms with Crippen LogP contribution in [0.25, 0.3) is 0 Å². The van der Waals surface area contributed by atoms with Crippen molar-refractivity contribution in [3.8, 4) is 0 Å². The predicted molar refractivity (Wildman–Crippen MR) is 82.4 cm³/mol. The second kappa shape index (κ2) is 5.68. The van der Waals surface area contributed by atoms with Crippen molar-refractivity contribution in [2.24, 2.45) is 5.73 Å². The number of nitrogens with one attached hydrogen (secondary N) is 1. The molecule has 2 atom stereocenters. The molecular formula is C15H23N3O2S. The van der Waals surface area contributed by atoms with Gasteiger partial charge in [0.25, 0.3) is 0 Å². The van der Waals surface area contributed by atoms with Gasteiger partial charge in [-0.1, -0.05) is 12.1 Å². The van der Waals surface area contributed by atoms with E-state index in [1.165, 1.54) is 6.42 Å². The molecule has 0 aliphatic carbocycles. The van der Waals surface area contributed by atoms with Crippen LogP contribution in [0.1, 0.15) is 30.4 Å². The van der Waals surface area contributed by atoms with E-state index in [2.05, 4.69) is 9.62 Å². The van der Waals surface area contributed by atoms with Crippen molar-refractivity contribution in [2.45, 2.75) is 49.7 Å². The first kappa shape index (κ1) is 15.0. The van der Waals surface area contributed by atoms with Crippen molar-refractivity contribution in [1.29, 1.82) is 0 Å². The van der Waals surface area contributed by atoms with Gasteiger partial charge in [0.15, 0.2) is 0 Å². The van der Waals surface area contributed by atoms with Gasteiger partial charge < -0.3 is 5.73 Å². The second-order valence-electron chi connectivity index (χ2n) is 6.07. The highest BCUT2D eigenvalue weighted by Crippen LogP contribution is 2.29. The molecule has 0 bridgehead atoms. The van der Waals surface area contributed by atoms with Crippen LogP contribution in [-0.2, 0) is 16.6 Å². The van der Waals surface area contributed by atoms with Gasteiger partial charge in [-0.05, 0) is 49.9 Å². The summed E-state index contributed by atoms with van der Waals surface area (Å²) in [5.41, 5.74) is 7.31. The van der Waals surface area contributed by atoms with E-state index in [1.807, 2.05) is 13.0 Å². The van der Waals surface area contributed by atoms with Crippen LogP contribution in [0, 0.1) is 6.92 Å². The Kier molecular flexibility index (Phi) is 4.05. The molecule has 0 spiro atoms. The molecule has 0 amide bonds. The molecule has 3 N–H and O–H groups in total. The van der Waals surface area contributed by atoms with Gasteiger partial charge in [-0.25, -0.2) is 13.1 Å². The molecule has 2 heterocycles. The summed E-state index contributed by atoms with van der Waals surface area (Å²) in [7, 11) is -3.46. The molecule has 1 aromatic rings. The summed E-state index contributed by atoms with van der Waals surface area (Å²) in [6.07, 6.45) is 3.18. The van der Waals surface area contributed by atoms with E-state index in [0.29, 0.717) is 17.5 Å². The molecule has 5 nitrogen and oxygen atoms in total. The maximum Gasteiger partial charge on any atom is 0.241 e. The number of nitrogens with two attached hydrogens (primary N) is 1. The largest absolute Gasteiger partial charge is 0.326 e. The number of hydrogen-bond donors (Lipinski definition) is 2. The summed E-state index contributed by atoms with van der Waals surface area (Å²) in [5, 5.41) is 0. The Hall–Kier alpha value is -0.950. The maximum atomic E-state index is 12.6. The summed E-state index contributed by atoms with van der Waals surface area (Å²) in [6, 6.07) is 5.74. The van der Waals surface area contributed by atoms with Crippen molar-refractivity contribution < 1.29 is 8.42 Å². The molecule has 0 aromatic heterocycles. The Balaban J connectivity index is 1.81. The van der Waals surface area contributed by atoms with Crippen LogP contribution in [0.4, 0.5) is 0 Å². The first-order valence-electron chi connectivity index (χ1n) is 7.57. The van der Waals surface area contributed by atoms with Crippen molar-refractivity contribution in [1.82, 2.24) is 9.62 Å². The standard InChI is InChI=1S/C15H23N3O2S/c1-11-9-12(10-16)4-5-15(11)21(19,20)17-13-6-8-18-7-2-3-14(13)18/h4-5,9,13-14,17H,2-3,6-8,10,16H2,1H3. The number of nitrogens with zero attached hydrogens (tertiary/aromatic N) is 1. The minimum absolute atomic E-state index is 0.0473. The second-order valence-corrected chi connectivity index (χ2v) is 7.75. The zero-order valence-electron chi connectivity index (χ0n) is 12.4. The molecule has 0 radical (unpaired) electrons. The smallest absolute Gasteiger partial charge is 0.241 e. The molecule has 1 aromatic carbocycles. The fourth-order valence-corrected chi connectivity index (χ4v) is 5.15. The van der Waals surface area contributed by atoms with Gasteiger partial charge >= 0.3 is 0 Å². The number of benzene rings is 1. The van der Waals surface area contributed by atoms with Crippen LogP contribution in [0.3, 0.4) is 0 Å². The average molecular weight is 309 g/mol. The fraction of sp³-hybridized carbons (Fsp3) is 0.600. The lowest BCUT2D eigenvalue weighted by Gasteiger charge is -2.21. The van der Waals surface area contributed by atoms with Crippen LogP contribution in [0.15, 0.2) is 23.1 Å². The molecule has 2 aliphatic rings. The zero-order valence-corrected chi connectivity index (χ0v) is 13.2. The molecule has 2 unspecified atom stereocenters. The van der Waals surface area contributed by atoms with E-state index in [-0.39, 0.29) is 6.04 Å². The zero-order chi connectivity index (χ0) is 15.0. The van der Waals surface area contributed by atoms with Crippen molar-refractivity contribution in [3.05, 3.63) is 29.3 Å². The quantitative estimate of drug-likeness (QED) is 0.869. The molecule has 116 valence electrons. The van der Waals surface area contributed by atoms with Gasteiger partial charge in [0.05, 0.1) is 4.90 Å². The highest BCUT2D eigenvalue weighted by atomic mass is 32.2. The Labute approximate surface area is 126 Å². The third-order valence-corrected chi connectivity index (χ3v) is 6.33. The molecule has 6 heteroatoms. The molecule has 2 saturated heterocycles. The summed E-state index contributed by atoms with van der Waals surface area (Å²) in [5.74, 6) is 0. The highest BCUT2D eigenvalue weighted by Gasteiger charge is 2.39. The van der Waals surface area contributed by atoms with Gasteiger partial charge in [-0.2, -0.15) is 0 Å². The summed E-state index contributed by atoms with van der Waals surface area (Å²) >= 11 is 0.